The number of sulfonamides is 1. The molecule has 7 nitrogen and oxygen atoms in total. The highest BCUT2D eigenvalue weighted by Crippen LogP contribution is 2.18. The molecule has 0 aliphatic carbocycles. The fraction of sp³-hybridized carbons (Fsp3) is 0.417. The number of nitrogens with one attached hydrogen (secondary N) is 2. The average Bonchev–Trinajstić information content (AvgIpc) is 2.79. The van der Waals surface area contributed by atoms with E-state index in [9.17, 15) is 13.2 Å². The van der Waals surface area contributed by atoms with Gasteiger partial charge in [0.1, 0.15) is 0 Å². The molecule has 0 saturated carbocycles. The summed E-state index contributed by atoms with van der Waals surface area (Å²) in [5.41, 5.74) is 2.67. The minimum absolute atomic E-state index is 0.0526. The second-order valence-corrected chi connectivity index (χ2v) is 10.1. The third-order valence-electron chi connectivity index (χ3n) is 5.58. The summed E-state index contributed by atoms with van der Waals surface area (Å²) in [5.74, 6) is 0.491. The molecule has 170 valence electrons. The van der Waals surface area contributed by atoms with Gasteiger partial charge in [-0.2, -0.15) is 5.26 Å². The highest BCUT2D eigenvalue weighted by Gasteiger charge is 2.16. The van der Waals surface area contributed by atoms with Gasteiger partial charge < -0.3 is 5.32 Å². The molecule has 1 heterocycles. The quantitative estimate of drug-likeness (QED) is 0.567. The van der Waals surface area contributed by atoms with Crippen LogP contribution in [0.2, 0.25) is 0 Å². The molecule has 1 fully saturated rings. The Hall–Kier alpha value is -2.73. The van der Waals surface area contributed by atoms with Crippen molar-refractivity contribution in [1.82, 2.24) is 14.9 Å². The van der Waals surface area contributed by atoms with Crippen molar-refractivity contribution >= 4 is 15.9 Å². The van der Waals surface area contributed by atoms with Crippen LogP contribution >= 0.6 is 0 Å². The monoisotopic (exact) mass is 454 g/mol. The van der Waals surface area contributed by atoms with Gasteiger partial charge in [0, 0.05) is 38.2 Å². The Morgan fingerprint density at radius 1 is 1.12 bits per heavy atom. The summed E-state index contributed by atoms with van der Waals surface area (Å²) in [6, 6.07) is 15.9. The zero-order valence-corrected chi connectivity index (χ0v) is 19.2. The Morgan fingerprint density at radius 3 is 2.47 bits per heavy atom. The zero-order chi connectivity index (χ0) is 23.0. The third-order valence-corrected chi connectivity index (χ3v) is 7.06. The van der Waals surface area contributed by atoms with Crippen molar-refractivity contribution in [2.75, 3.05) is 19.6 Å². The first kappa shape index (κ1) is 23.9. The lowest BCUT2D eigenvalue weighted by Crippen LogP contribution is -2.33. The van der Waals surface area contributed by atoms with Gasteiger partial charge in [0.25, 0.3) is 5.91 Å². The van der Waals surface area contributed by atoms with Gasteiger partial charge in [-0.15, -0.1) is 0 Å². The lowest BCUT2D eigenvalue weighted by molar-refractivity contribution is 0.0951. The number of piperidine rings is 1. The molecule has 1 aliphatic heterocycles. The predicted octanol–water partition coefficient (Wildman–Crippen LogP) is 3.04. The van der Waals surface area contributed by atoms with Gasteiger partial charge in [-0.05, 0) is 60.7 Å². The van der Waals surface area contributed by atoms with E-state index in [1.165, 1.54) is 42.7 Å². The van der Waals surface area contributed by atoms with Crippen molar-refractivity contribution < 1.29 is 13.2 Å². The van der Waals surface area contributed by atoms with Crippen LogP contribution in [0.4, 0.5) is 0 Å². The van der Waals surface area contributed by atoms with Crippen molar-refractivity contribution in [3.8, 4) is 6.07 Å². The number of benzene rings is 2. The SMILES string of the molecule is CC1CCCN(Cc2ccc(CNC(=O)c3ccc(S(=O)(=O)NCCC#N)cc3)cc2)C1. The highest BCUT2D eigenvalue weighted by molar-refractivity contribution is 7.89. The van der Waals surface area contributed by atoms with Gasteiger partial charge in [0.2, 0.25) is 10.0 Å². The lowest BCUT2D eigenvalue weighted by Gasteiger charge is -2.30. The van der Waals surface area contributed by atoms with Gasteiger partial charge in [-0.3, -0.25) is 9.69 Å². The number of likely N-dealkylation sites (tertiary alicyclic amines) is 1. The molecular weight excluding hydrogens is 424 g/mol. The van der Waals surface area contributed by atoms with Gasteiger partial charge in [-0.25, -0.2) is 13.1 Å². The van der Waals surface area contributed by atoms with Crippen molar-refractivity contribution in [2.45, 2.75) is 44.2 Å². The van der Waals surface area contributed by atoms with Crippen LogP contribution in [0, 0.1) is 17.2 Å². The summed E-state index contributed by atoms with van der Waals surface area (Å²) in [6.07, 6.45) is 2.67. The topological polar surface area (TPSA) is 102 Å². The third kappa shape index (κ3) is 6.89. The summed E-state index contributed by atoms with van der Waals surface area (Å²) >= 11 is 0. The second kappa shape index (κ2) is 11.2. The summed E-state index contributed by atoms with van der Waals surface area (Å²) in [6.45, 7) is 6.01. The number of carbonyl (C=O) groups is 1. The van der Waals surface area contributed by atoms with E-state index < -0.39 is 10.0 Å². The van der Waals surface area contributed by atoms with E-state index >= 15 is 0 Å². The number of carbonyl (C=O) groups excluding carboxylic acids is 1. The maximum absolute atomic E-state index is 12.4. The van der Waals surface area contributed by atoms with E-state index in [1.54, 1.807) is 0 Å². The first-order valence-corrected chi connectivity index (χ1v) is 12.4. The molecule has 3 rings (SSSR count). The van der Waals surface area contributed by atoms with E-state index in [4.69, 9.17) is 5.26 Å². The van der Waals surface area contributed by atoms with Crippen LogP contribution < -0.4 is 10.0 Å². The minimum Gasteiger partial charge on any atom is -0.348 e. The van der Waals surface area contributed by atoms with Crippen molar-refractivity contribution in [3.05, 3.63) is 65.2 Å². The molecule has 1 atom stereocenters. The number of amides is 1. The second-order valence-electron chi connectivity index (χ2n) is 8.31. The fourth-order valence-corrected chi connectivity index (χ4v) is 4.88. The van der Waals surface area contributed by atoms with Crippen molar-refractivity contribution in [3.63, 3.8) is 0 Å². The number of nitriles is 1. The normalized spacial score (nSPS) is 16.9. The molecule has 0 radical (unpaired) electrons. The first-order valence-electron chi connectivity index (χ1n) is 10.9. The summed E-state index contributed by atoms with van der Waals surface area (Å²) < 4.78 is 26.6. The van der Waals surface area contributed by atoms with Crippen molar-refractivity contribution in [2.24, 2.45) is 5.92 Å². The number of nitrogens with zero attached hydrogens (tertiary/aromatic N) is 2. The highest BCUT2D eigenvalue weighted by atomic mass is 32.2. The Kier molecular flexibility index (Phi) is 8.39. The summed E-state index contributed by atoms with van der Waals surface area (Å²) in [4.78, 5) is 15.0. The van der Waals surface area contributed by atoms with Gasteiger partial charge in [0.15, 0.2) is 0 Å². The zero-order valence-electron chi connectivity index (χ0n) is 18.4. The molecule has 1 aliphatic rings. The van der Waals surface area contributed by atoms with Gasteiger partial charge in [0.05, 0.1) is 11.0 Å². The summed E-state index contributed by atoms with van der Waals surface area (Å²) in [5, 5.41) is 11.4. The number of hydrogen-bond donors (Lipinski definition) is 2. The van der Waals surface area contributed by atoms with E-state index in [1.807, 2.05) is 18.2 Å². The number of hydrogen-bond acceptors (Lipinski definition) is 5. The van der Waals surface area contributed by atoms with Crippen LogP contribution in [0.15, 0.2) is 53.4 Å². The Morgan fingerprint density at radius 2 is 1.81 bits per heavy atom. The van der Waals surface area contributed by atoms with Crippen LogP contribution in [-0.4, -0.2) is 38.9 Å². The van der Waals surface area contributed by atoms with Crippen LogP contribution in [0.3, 0.4) is 0 Å². The molecule has 0 bridgehead atoms. The Bertz CT molecular complexity index is 1040. The Balaban J connectivity index is 1.50. The Labute approximate surface area is 190 Å². The van der Waals surface area contributed by atoms with E-state index in [-0.39, 0.29) is 23.8 Å². The van der Waals surface area contributed by atoms with E-state index in [0.29, 0.717) is 12.1 Å². The van der Waals surface area contributed by atoms with E-state index in [0.717, 1.165) is 31.1 Å². The molecule has 2 aromatic rings. The molecule has 0 aromatic heterocycles. The maximum Gasteiger partial charge on any atom is 0.251 e. The summed E-state index contributed by atoms with van der Waals surface area (Å²) in [7, 11) is -3.68. The molecule has 2 N–H and O–H groups in total. The number of rotatable bonds is 9. The van der Waals surface area contributed by atoms with Gasteiger partial charge in [-0.1, -0.05) is 31.2 Å². The maximum atomic E-state index is 12.4. The predicted molar refractivity (Wildman–Crippen MR) is 123 cm³/mol. The molecule has 32 heavy (non-hydrogen) atoms. The first-order chi connectivity index (χ1) is 15.4. The van der Waals surface area contributed by atoms with Gasteiger partial charge >= 0.3 is 0 Å². The molecule has 1 saturated heterocycles. The van der Waals surface area contributed by atoms with Crippen LogP contribution in [-0.2, 0) is 23.1 Å². The lowest BCUT2D eigenvalue weighted by atomic mass is 9.99. The largest absolute Gasteiger partial charge is 0.348 e. The molecule has 8 heteroatoms. The molecule has 1 amide bonds. The minimum atomic E-state index is -3.68. The van der Waals surface area contributed by atoms with Crippen molar-refractivity contribution in [1.29, 1.82) is 5.26 Å². The van der Waals surface area contributed by atoms with Crippen LogP contribution in [0.5, 0.6) is 0 Å². The molecular formula is C24H30N4O3S. The smallest absolute Gasteiger partial charge is 0.251 e. The standard InChI is InChI=1S/C24H30N4O3S/c1-19-4-2-15-28(17-19)18-21-7-5-20(6-8-21)16-26-24(29)22-9-11-23(12-10-22)32(30,31)27-14-3-13-25/h5-12,19,27H,2-4,14-18H2,1H3,(H,26,29). The molecule has 2 aromatic carbocycles. The average molecular weight is 455 g/mol. The van der Waals surface area contributed by atoms with Crippen LogP contribution in [0.25, 0.3) is 0 Å². The fourth-order valence-electron chi connectivity index (χ4n) is 3.85. The van der Waals surface area contributed by atoms with Crippen LogP contribution in [0.1, 0.15) is 47.7 Å². The molecule has 0 spiro atoms. The van der Waals surface area contributed by atoms with E-state index in [2.05, 4.69) is 34.0 Å². The molecule has 1 unspecified atom stereocenters.